The number of hydrogen-bond acceptors (Lipinski definition) is 2. The van der Waals surface area contributed by atoms with Gasteiger partial charge >= 0.3 is 0 Å². The zero-order chi connectivity index (χ0) is 9.90. The van der Waals surface area contributed by atoms with Gasteiger partial charge < -0.3 is 0 Å². The molecule has 1 aliphatic rings. The Hall–Kier alpha value is -0.0800. The predicted octanol–water partition coefficient (Wildman–Crippen LogP) is 2.44. The van der Waals surface area contributed by atoms with Crippen molar-refractivity contribution >= 4 is 0 Å². The first-order valence-corrected chi connectivity index (χ1v) is 5.66. The molecule has 0 aliphatic heterocycles. The molecular formula is C11H24N2. The van der Waals surface area contributed by atoms with Crippen molar-refractivity contribution in [3.05, 3.63) is 0 Å². The fraction of sp³-hybridized carbons (Fsp3) is 1.00. The smallest absolute Gasteiger partial charge is 0.0349 e. The minimum atomic E-state index is 0.245. The third-order valence-corrected chi connectivity index (χ3v) is 3.74. The second-order valence-corrected chi connectivity index (χ2v) is 4.68. The first-order valence-electron chi connectivity index (χ1n) is 5.66. The van der Waals surface area contributed by atoms with E-state index in [0.29, 0.717) is 0 Å². The summed E-state index contributed by atoms with van der Waals surface area (Å²) in [5.41, 5.74) is 3.34. The molecule has 13 heavy (non-hydrogen) atoms. The Morgan fingerprint density at radius 2 is 2.15 bits per heavy atom. The lowest BCUT2D eigenvalue weighted by atomic mass is 9.82. The minimum Gasteiger partial charge on any atom is -0.271 e. The molecule has 0 spiro atoms. The molecule has 1 unspecified atom stereocenters. The molecule has 0 radical (unpaired) electrons. The standard InChI is InChI=1S/C11H24N2/c1-4-6-10-7-9(3)8-11(10,5-2)13-12/h9-10,13H,4-8,12H2,1-3H3/t9?,10-,11-/m1/s1. The van der Waals surface area contributed by atoms with Crippen molar-refractivity contribution in [2.75, 3.05) is 0 Å². The summed E-state index contributed by atoms with van der Waals surface area (Å²) in [5, 5.41) is 0. The molecule has 0 aromatic carbocycles. The van der Waals surface area contributed by atoms with E-state index in [9.17, 15) is 0 Å². The van der Waals surface area contributed by atoms with E-state index in [0.717, 1.165) is 11.8 Å². The van der Waals surface area contributed by atoms with Gasteiger partial charge in [-0.05, 0) is 37.5 Å². The number of nitrogens with two attached hydrogens (primary N) is 1. The van der Waals surface area contributed by atoms with Crippen LogP contribution in [0, 0.1) is 11.8 Å². The molecule has 0 amide bonds. The van der Waals surface area contributed by atoms with E-state index in [4.69, 9.17) is 5.84 Å². The molecule has 78 valence electrons. The van der Waals surface area contributed by atoms with Crippen LogP contribution in [0.5, 0.6) is 0 Å². The number of hydrogen-bond donors (Lipinski definition) is 2. The van der Waals surface area contributed by atoms with Crippen LogP contribution in [0.15, 0.2) is 0 Å². The van der Waals surface area contributed by atoms with E-state index in [2.05, 4.69) is 26.2 Å². The predicted molar refractivity (Wildman–Crippen MR) is 57.1 cm³/mol. The lowest BCUT2D eigenvalue weighted by Gasteiger charge is -2.34. The van der Waals surface area contributed by atoms with Crippen molar-refractivity contribution in [3.8, 4) is 0 Å². The number of rotatable bonds is 4. The second kappa shape index (κ2) is 4.43. The quantitative estimate of drug-likeness (QED) is 0.520. The molecule has 3 N–H and O–H groups in total. The molecule has 0 bridgehead atoms. The molecule has 2 nitrogen and oxygen atoms in total. The molecule has 3 atom stereocenters. The SMILES string of the molecule is CCC[C@@H]1CC(C)C[C@@]1(CC)NN. The summed E-state index contributed by atoms with van der Waals surface area (Å²) >= 11 is 0. The van der Waals surface area contributed by atoms with E-state index in [-0.39, 0.29) is 5.54 Å². The van der Waals surface area contributed by atoms with Crippen LogP contribution >= 0.6 is 0 Å². The van der Waals surface area contributed by atoms with Gasteiger partial charge in [0.15, 0.2) is 0 Å². The van der Waals surface area contributed by atoms with Gasteiger partial charge in [0.2, 0.25) is 0 Å². The Kier molecular flexibility index (Phi) is 3.74. The van der Waals surface area contributed by atoms with Gasteiger partial charge in [0, 0.05) is 5.54 Å². The average molecular weight is 184 g/mol. The molecule has 2 heteroatoms. The maximum atomic E-state index is 5.71. The molecular weight excluding hydrogens is 160 g/mol. The summed E-state index contributed by atoms with van der Waals surface area (Å²) in [6, 6.07) is 0. The van der Waals surface area contributed by atoms with Crippen LogP contribution in [0.2, 0.25) is 0 Å². The van der Waals surface area contributed by atoms with Crippen molar-refractivity contribution in [1.29, 1.82) is 0 Å². The molecule has 0 aromatic heterocycles. The minimum absolute atomic E-state index is 0.245. The Bertz CT molecular complexity index is 152. The third-order valence-electron chi connectivity index (χ3n) is 3.74. The van der Waals surface area contributed by atoms with Crippen molar-refractivity contribution in [3.63, 3.8) is 0 Å². The van der Waals surface area contributed by atoms with Crippen molar-refractivity contribution in [1.82, 2.24) is 5.43 Å². The average Bonchev–Trinajstić information content (AvgIpc) is 2.44. The van der Waals surface area contributed by atoms with Crippen LogP contribution in [-0.2, 0) is 0 Å². The Balaban J connectivity index is 2.67. The monoisotopic (exact) mass is 184 g/mol. The van der Waals surface area contributed by atoms with Gasteiger partial charge in [-0.1, -0.05) is 27.2 Å². The largest absolute Gasteiger partial charge is 0.271 e. The lowest BCUT2D eigenvalue weighted by Crippen LogP contribution is -2.51. The summed E-state index contributed by atoms with van der Waals surface area (Å²) < 4.78 is 0. The summed E-state index contributed by atoms with van der Waals surface area (Å²) in [6.45, 7) is 6.86. The van der Waals surface area contributed by atoms with Gasteiger partial charge in [-0.25, -0.2) is 0 Å². The summed E-state index contributed by atoms with van der Waals surface area (Å²) in [4.78, 5) is 0. The topological polar surface area (TPSA) is 38.0 Å². The van der Waals surface area contributed by atoms with E-state index < -0.39 is 0 Å². The molecule has 1 saturated carbocycles. The molecule has 0 heterocycles. The van der Waals surface area contributed by atoms with Gasteiger partial charge in [0.25, 0.3) is 0 Å². The second-order valence-electron chi connectivity index (χ2n) is 4.68. The maximum absolute atomic E-state index is 5.71. The van der Waals surface area contributed by atoms with Gasteiger partial charge in [0.05, 0.1) is 0 Å². The van der Waals surface area contributed by atoms with Gasteiger partial charge in [-0.15, -0.1) is 0 Å². The Labute approximate surface area is 82.2 Å². The van der Waals surface area contributed by atoms with Crippen LogP contribution < -0.4 is 11.3 Å². The highest BCUT2D eigenvalue weighted by Gasteiger charge is 2.42. The van der Waals surface area contributed by atoms with Crippen LogP contribution in [0.25, 0.3) is 0 Å². The van der Waals surface area contributed by atoms with Gasteiger partial charge in [0.1, 0.15) is 0 Å². The van der Waals surface area contributed by atoms with Crippen LogP contribution in [0.3, 0.4) is 0 Å². The zero-order valence-electron chi connectivity index (χ0n) is 9.27. The van der Waals surface area contributed by atoms with Crippen LogP contribution in [0.1, 0.15) is 52.9 Å². The normalized spacial score (nSPS) is 39.7. The Morgan fingerprint density at radius 1 is 1.46 bits per heavy atom. The van der Waals surface area contributed by atoms with E-state index in [1.54, 1.807) is 0 Å². The number of hydrazine groups is 1. The van der Waals surface area contributed by atoms with Crippen LogP contribution in [-0.4, -0.2) is 5.54 Å². The van der Waals surface area contributed by atoms with Crippen molar-refractivity contribution < 1.29 is 0 Å². The Morgan fingerprint density at radius 3 is 2.62 bits per heavy atom. The summed E-state index contributed by atoms with van der Waals surface area (Å²) in [7, 11) is 0. The highest BCUT2D eigenvalue weighted by molar-refractivity contribution is 4.99. The van der Waals surface area contributed by atoms with E-state index in [1.165, 1.54) is 32.1 Å². The highest BCUT2D eigenvalue weighted by atomic mass is 15.3. The van der Waals surface area contributed by atoms with E-state index >= 15 is 0 Å². The molecule has 1 rings (SSSR count). The van der Waals surface area contributed by atoms with Crippen LogP contribution in [0.4, 0.5) is 0 Å². The molecule has 0 saturated heterocycles. The first-order chi connectivity index (χ1) is 6.18. The molecule has 1 aliphatic carbocycles. The fourth-order valence-electron chi connectivity index (χ4n) is 3.04. The lowest BCUT2D eigenvalue weighted by molar-refractivity contribution is 0.224. The van der Waals surface area contributed by atoms with Crippen molar-refractivity contribution in [2.45, 2.75) is 58.4 Å². The highest BCUT2D eigenvalue weighted by Crippen LogP contribution is 2.43. The van der Waals surface area contributed by atoms with Gasteiger partial charge in [-0.2, -0.15) is 0 Å². The van der Waals surface area contributed by atoms with Gasteiger partial charge in [-0.3, -0.25) is 11.3 Å². The number of nitrogens with one attached hydrogen (secondary N) is 1. The summed E-state index contributed by atoms with van der Waals surface area (Å²) in [5.74, 6) is 7.35. The molecule has 0 aromatic rings. The van der Waals surface area contributed by atoms with Crippen molar-refractivity contribution in [2.24, 2.45) is 17.7 Å². The van der Waals surface area contributed by atoms with E-state index in [1.807, 2.05) is 0 Å². The molecule has 1 fully saturated rings. The maximum Gasteiger partial charge on any atom is 0.0349 e. The third kappa shape index (κ3) is 2.05. The first kappa shape index (κ1) is 11.0. The fourth-order valence-corrected chi connectivity index (χ4v) is 3.04. The summed E-state index contributed by atoms with van der Waals surface area (Å²) in [6.07, 6.45) is 6.37. The zero-order valence-corrected chi connectivity index (χ0v) is 9.27.